The van der Waals surface area contributed by atoms with Crippen LogP contribution in [0, 0.1) is 5.92 Å². The topological polar surface area (TPSA) is 59.6 Å². The Morgan fingerprint density at radius 1 is 1.41 bits per heavy atom. The van der Waals surface area contributed by atoms with Crippen LogP contribution in [0.25, 0.3) is 0 Å². The fraction of sp³-hybridized carbons (Fsp3) is 0.588. The van der Waals surface area contributed by atoms with Crippen LogP contribution in [0.1, 0.15) is 44.6 Å². The van der Waals surface area contributed by atoms with E-state index in [0.717, 1.165) is 43.2 Å². The molecule has 3 N–H and O–H groups in total. The highest BCUT2D eigenvalue weighted by Gasteiger charge is 2.16. The molecule has 0 aliphatic heterocycles. The van der Waals surface area contributed by atoms with Gasteiger partial charge in [0.15, 0.2) is 5.96 Å². The Hall–Kier alpha value is -0.980. The van der Waals surface area contributed by atoms with Crippen molar-refractivity contribution < 1.29 is 4.74 Å². The number of ether oxygens (including phenoxy) is 1. The summed E-state index contributed by atoms with van der Waals surface area (Å²) in [5.74, 6) is 2.24. The highest BCUT2D eigenvalue weighted by molar-refractivity contribution is 14.0. The van der Waals surface area contributed by atoms with Crippen molar-refractivity contribution in [1.29, 1.82) is 0 Å². The van der Waals surface area contributed by atoms with Gasteiger partial charge in [0, 0.05) is 6.54 Å². The minimum absolute atomic E-state index is 0. The lowest BCUT2D eigenvalue weighted by molar-refractivity contribution is 0.309. The molecular formula is C17H28IN3O. The molecule has 0 heterocycles. The summed E-state index contributed by atoms with van der Waals surface area (Å²) in [5.41, 5.74) is 7.02. The lowest BCUT2D eigenvalue weighted by Crippen LogP contribution is -2.37. The molecule has 0 saturated heterocycles. The number of guanidine groups is 1. The molecule has 0 atom stereocenters. The number of benzene rings is 1. The largest absolute Gasteiger partial charge is 0.494 e. The number of hydrogen-bond donors (Lipinski definition) is 2. The molecule has 1 aromatic rings. The first-order valence-electron chi connectivity index (χ1n) is 8.03. The SMILES string of the molecule is CCCCOc1cccc(CN=C(N)NCC2CCC2)c1.I. The molecule has 1 saturated carbocycles. The van der Waals surface area contributed by atoms with Gasteiger partial charge in [-0.15, -0.1) is 24.0 Å². The van der Waals surface area contributed by atoms with Gasteiger partial charge in [-0.25, -0.2) is 4.99 Å². The van der Waals surface area contributed by atoms with Crippen LogP contribution in [-0.4, -0.2) is 19.1 Å². The van der Waals surface area contributed by atoms with E-state index in [0.29, 0.717) is 12.5 Å². The summed E-state index contributed by atoms with van der Waals surface area (Å²) in [6, 6.07) is 8.08. The maximum Gasteiger partial charge on any atom is 0.188 e. The van der Waals surface area contributed by atoms with E-state index in [2.05, 4.69) is 23.3 Å². The predicted octanol–water partition coefficient (Wildman–Crippen LogP) is 3.69. The molecule has 0 radical (unpaired) electrons. The molecule has 22 heavy (non-hydrogen) atoms. The minimum Gasteiger partial charge on any atom is -0.494 e. The lowest BCUT2D eigenvalue weighted by Gasteiger charge is -2.25. The van der Waals surface area contributed by atoms with Crippen LogP contribution >= 0.6 is 24.0 Å². The Morgan fingerprint density at radius 2 is 2.23 bits per heavy atom. The molecular weight excluding hydrogens is 389 g/mol. The second-order valence-electron chi connectivity index (χ2n) is 5.73. The third-order valence-corrected chi connectivity index (χ3v) is 3.89. The first-order valence-corrected chi connectivity index (χ1v) is 8.03. The predicted molar refractivity (Wildman–Crippen MR) is 103 cm³/mol. The van der Waals surface area contributed by atoms with Gasteiger partial charge in [-0.05, 0) is 42.9 Å². The van der Waals surface area contributed by atoms with E-state index in [9.17, 15) is 0 Å². The fourth-order valence-electron chi connectivity index (χ4n) is 2.25. The van der Waals surface area contributed by atoms with Crippen molar-refractivity contribution in [3.8, 4) is 5.75 Å². The number of nitrogens with two attached hydrogens (primary N) is 1. The van der Waals surface area contributed by atoms with Crippen LogP contribution in [0.15, 0.2) is 29.3 Å². The van der Waals surface area contributed by atoms with E-state index in [1.807, 2.05) is 18.2 Å². The smallest absolute Gasteiger partial charge is 0.188 e. The molecule has 1 aliphatic rings. The van der Waals surface area contributed by atoms with Crippen LogP contribution in [0.3, 0.4) is 0 Å². The number of aliphatic imine (C=N–C) groups is 1. The number of unbranched alkanes of at least 4 members (excludes halogenated alkanes) is 1. The van der Waals surface area contributed by atoms with Gasteiger partial charge in [-0.2, -0.15) is 0 Å². The first-order chi connectivity index (χ1) is 10.3. The van der Waals surface area contributed by atoms with E-state index in [-0.39, 0.29) is 24.0 Å². The standard InChI is InChI=1S/C17H27N3O.HI/c1-2-3-10-21-16-9-5-8-15(11-16)13-20-17(18)19-12-14-6-4-7-14;/h5,8-9,11,14H,2-4,6-7,10,12-13H2,1H3,(H3,18,19,20);1H. The lowest BCUT2D eigenvalue weighted by atomic mass is 9.85. The van der Waals surface area contributed by atoms with Crippen molar-refractivity contribution in [3.63, 3.8) is 0 Å². The van der Waals surface area contributed by atoms with Crippen molar-refractivity contribution in [2.75, 3.05) is 13.2 Å². The summed E-state index contributed by atoms with van der Waals surface area (Å²) in [6.07, 6.45) is 6.22. The summed E-state index contributed by atoms with van der Waals surface area (Å²) in [6.45, 7) is 4.48. The molecule has 0 spiro atoms. The molecule has 2 rings (SSSR count). The van der Waals surface area contributed by atoms with Crippen molar-refractivity contribution in [2.24, 2.45) is 16.6 Å². The Labute approximate surface area is 150 Å². The average Bonchev–Trinajstić information content (AvgIpc) is 2.44. The Bertz CT molecular complexity index is 461. The maximum absolute atomic E-state index is 5.89. The van der Waals surface area contributed by atoms with Crippen LogP contribution < -0.4 is 15.8 Å². The molecule has 1 fully saturated rings. The van der Waals surface area contributed by atoms with E-state index >= 15 is 0 Å². The number of rotatable bonds is 8. The van der Waals surface area contributed by atoms with E-state index in [1.54, 1.807) is 0 Å². The molecule has 0 aromatic heterocycles. The van der Waals surface area contributed by atoms with Crippen molar-refractivity contribution in [2.45, 2.75) is 45.6 Å². The number of hydrogen-bond acceptors (Lipinski definition) is 2. The maximum atomic E-state index is 5.89. The van der Waals surface area contributed by atoms with Crippen molar-refractivity contribution in [1.82, 2.24) is 5.32 Å². The highest BCUT2D eigenvalue weighted by Crippen LogP contribution is 2.25. The quantitative estimate of drug-likeness (QED) is 0.294. The zero-order valence-corrected chi connectivity index (χ0v) is 15.7. The number of nitrogens with zero attached hydrogens (tertiary/aromatic N) is 1. The highest BCUT2D eigenvalue weighted by atomic mass is 127. The van der Waals surface area contributed by atoms with Gasteiger partial charge in [0.2, 0.25) is 0 Å². The van der Waals surface area contributed by atoms with Crippen LogP contribution in [0.4, 0.5) is 0 Å². The van der Waals surface area contributed by atoms with Crippen LogP contribution in [0.2, 0.25) is 0 Å². The zero-order valence-electron chi connectivity index (χ0n) is 13.4. The number of nitrogens with one attached hydrogen (secondary N) is 1. The summed E-state index contributed by atoms with van der Waals surface area (Å²) in [4.78, 5) is 4.39. The summed E-state index contributed by atoms with van der Waals surface area (Å²) >= 11 is 0. The van der Waals surface area contributed by atoms with Gasteiger partial charge in [0.1, 0.15) is 5.75 Å². The fourth-order valence-corrected chi connectivity index (χ4v) is 2.25. The van der Waals surface area contributed by atoms with Crippen molar-refractivity contribution >= 4 is 29.9 Å². The summed E-state index contributed by atoms with van der Waals surface area (Å²) < 4.78 is 5.70. The normalized spacial score (nSPS) is 14.9. The zero-order chi connectivity index (χ0) is 14.9. The molecule has 0 amide bonds. The minimum atomic E-state index is 0. The van der Waals surface area contributed by atoms with Gasteiger partial charge in [-0.3, -0.25) is 0 Å². The first kappa shape index (κ1) is 19.1. The molecule has 0 unspecified atom stereocenters. The molecule has 5 heteroatoms. The molecule has 1 aromatic carbocycles. The van der Waals surface area contributed by atoms with Gasteiger partial charge < -0.3 is 15.8 Å². The monoisotopic (exact) mass is 417 g/mol. The summed E-state index contributed by atoms with van der Waals surface area (Å²) in [5, 5.41) is 3.21. The molecule has 124 valence electrons. The van der Waals surface area contributed by atoms with E-state index < -0.39 is 0 Å². The molecule has 0 bridgehead atoms. The second kappa shape index (κ2) is 10.7. The Balaban J connectivity index is 0.00000242. The van der Waals surface area contributed by atoms with Gasteiger partial charge >= 0.3 is 0 Å². The Morgan fingerprint density at radius 3 is 2.91 bits per heavy atom. The van der Waals surface area contributed by atoms with E-state index in [4.69, 9.17) is 10.5 Å². The third kappa shape index (κ3) is 6.85. The van der Waals surface area contributed by atoms with Gasteiger partial charge in [0.25, 0.3) is 0 Å². The number of halogens is 1. The van der Waals surface area contributed by atoms with Crippen LogP contribution in [-0.2, 0) is 6.54 Å². The summed E-state index contributed by atoms with van der Waals surface area (Å²) in [7, 11) is 0. The van der Waals surface area contributed by atoms with E-state index in [1.165, 1.54) is 19.3 Å². The molecule has 1 aliphatic carbocycles. The Kier molecular flexibility index (Phi) is 9.27. The third-order valence-electron chi connectivity index (χ3n) is 3.89. The molecule has 4 nitrogen and oxygen atoms in total. The average molecular weight is 417 g/mol. The van der Waals surface area contributed by atoms with Crippen molar-refractivity contribution in [3.05, 3.63) is 29.8 Å². The van der Waals surface area contributed by atoms with Gasteiger partial charge in [0.05, 0.1) is 13.2 Å². The second-order valence-corrected chi connectivity index (χ2v) is 5.73. The van der Waals surface area contributed by atoms with Crippen LogP contribution in [0.5, 0.6) is 5.75 Å². The van der Waals surface area contributed by atoms with Gasteiger partial charge in [-0.1, -0.05) is 31.9 Å².